The molecule has 0 radical (unpaired) electrons. The fraction of sp³-hybridized carbons (Fsp3) is 1.00. The second-order valence-electron chi connectivity index (χ2n) is 6.22. The van der Waals surface area contributed by atoms with Gasteiger partial charge in [0.05, 0.1) is 5.60 Å². The predicted molar refractivity (Wildman–Crippen MR) is 70.0 cm³/mol. The molecule has 2 nitrogen and oxygen atoms in total. The lowest BCUT2D eigenvalue weighted by atomic mass is 9.79. The van der Waals surface area contributed by atoms with Crippen LogP contribution in [-0.4, -0.2) is 29.5 Å². The van der Waals surface area contributed by atoms with Gasteiger partial charge in [0.2, 0.25) is 0 Å². The highest BCUT2D eigenvalue weighted by Gasteiger charge is 2.32. The second-order valence-corrected chi connectivity index (χ2v) is 6.22. The summed E-state index contributed by atoms with van der Waals surface area (Å²) in [4.78, 5) is 0. The van der Waals surface area contributed by atoms with Crippen molar-refractivity contribution in [2.75, 3.05) is 6.54 Å². The monoisotopic (exact) mass is 281 g/mol. The van der Waals surface area contributed by atoms with E-state index >= 15 is 0 Å². The highest BCUT2D eigenvalue weighted by molar-refractivity contribution is 4.87. The quantitative estimate of drug-likeness (QED) is 0.779. The van der Waals surface area contributed by atoms with Gasteiger partial charge in [-0.1, -0.05) is 19.8 Å². The maximum Gasteiger partial charge on any atom is 0.389 e. The van der Waals surface area contributed by atoms with Gasteiger partial charge in [-0.25, -0.2) is 0 Å². The van der Waals surface area contributed by atoms with Crippen molar-refractivity contribution in [1.29, 1.82) is 0 Å². The molecule has 0 bridgehead atoms. The van der Waals surface area contributed by atoms with Crippen molar-refractivity contribution < 1.29 is 18.3 Å². The fourth-order valence-corrected chi connectivity index (χ4v) is 2.87. The van der Waals surface area contributed by atoms with Crippen molar-refractivity contribution in [3.05, 3.63) is 0 Å². The molecule has 3 atom stereocenters. The summed E-state index contributed by atoms with van der Waals surface area (Å²) in [5.41, 5.74) is -0.671. The Morgan fingerprint density at radius 3 is 2.68 bits per heavy atom. The van der Waals surface area contributed by atoms with Gasteiger partial charge in [0.15, 0.2) is 0 Å². The molecule has 0 heterocycles. The van der Waals surface area contributed by atoms with E-state index in [1.165, 1.54) is 0 Å². The smallest absolute Gasteiger partial charge is 0.389 e. The van der Waals surface area contributed by atoms with Crippen molar-refractivity contribution in [3.63, 3.8) is 0 Å². The van der Waals surface area contributed by atoms with Gasteiger partial charge < -0.3 is 10.4 Å². The Balaban J connectivity index is 2.20. The first-order chi connectivity index (χ1) is 8.70. The summed E-state index contributed by atoms with van der Waals surface area (Å²) in [7, 11) is 0. The zero-order chi connectivity index (χ0) is 14.5. The molecule has 0 aliphatic heterocycles. The zero-order valence-electron chi connectivity index (χ0n) is 11.9. The van der Waals surface area contributed by atoms with Crippen LogP contribution in [0.2, 0.25) is 0 Å². The molecule has 0 aromatic heterocycles. The van der Waals surface area contributed by atoms with Crippen molar-refractivity contribution in [2.24, 2.45) is 5.92 Å². The van der Waals surface area contributed by atoms with Crippen LogP contribution in [0, 0.1) is 5.92 Å². The molecule has 0 saturated heterocycles. The minimum absolute atomic E-state index is 0.0172. The Bertz CT molecular complexity index is 270. The SMILES string of the molecule is CC1CCCC(O)(CNC(C)CCCC(F)(F)F)C1. The molecule has 19 heavy (non-hydrogen) atoms. The summed E-state index contributed by atoms with van der Waals surface area (Å²) in [6.45, 7) is 4.51. The van der Waals surface area contributed by atoms with Gasteiger partial charge in [-0.3, -0.25) is 0 Å². The molecular weight excluding hydrogens is 255 g/mol. The number of aliphatic hydroxyl groups is 1. The van der Waals surface area contributed by atoms with E-state index in [9.17, 15) is 18.3 Å². The molecule has 1 aliphatic rings. The third-order valence-corrected chi connectivity index (χ3v) is 3.94. The van der Waals surface area contributed by atoms with E-state index in [-0.39, 0.29) is 12.5 Å². The van der Waals surface area contributed by atoms with Crippen LogP contribution in [0.1, 0.15) is 58.8 Å². The van der Waals surface area contributed by atoms with Crippen LogP contribution >= 0.6 is 0 Å². The zero-order valence-corrected chi connectivity index (χ0v) is 11.9. The van der Waals surface area contributed by atoms with Gasteiger partial charge in [-0.15, -0.1) is 0 Å². The fourth-order valence-electron chi connectivity index (χ4n) is 2.87. The van der Waals surface area contributed by atoms with Crippen molar-refractivity contribution in [2.45, 2.75) is 76.6 Å². The van der Waals surface area contributed by atoms with Crippen LogP contribution in [0.5, 0.6) is 0 Å². The normalized spacial score (nSPS) is 30.3. The van der Waals surface area contributed by atoms with E-state index in [1.807, 2.05) is 6.92 Å². The van der Waals surface area contributed by atoms with Crippen molar-refractivity contribution in [1.82, 2.24) is 5.32 Å². The maximum absolute atomic E-state index is 12.0. The van der Waals surface area contributed by atoms with Gasteiger partial charge in [0, 0.05) is 19.0 Å². The minimum atomic E-state index is -4.06. The van der Waals surface area contributed by atoms with Gasteiger partial charge in [-0.2, -0.15) is 13.2 Å². The Morgan fingerprint density at radius 2 is 2.11 bits per heavy atom. The van der Waals surface area contributed by atoms with Crippen LogP contribution < -0.4 is 5.32 Å². The summed E-state index contributed by atoms with van der Waals surface area (Å²) < 4.78 is 36.1. The molecule has 0 amide bonds. The van der Waals surface area contributed by atoms with Crippen LogP contribution in [-0.2, 0) is 0 Å². The van der Waals surface area contributed by atoms with Gasteiger partial charge in [0.1, 0.15) is 0 Å². The highest BCUT2D eigenvalue weighted by atomic mass is 19.4. The summed E-state index contributed by atoms with van der Waals surface area (Å²) >= 11 is 0. The molecule has 1 fully saturated rings. The van der Waals surface area contributed by atoms with Gasteiger partial charge in [-0.05, 0) is 38.5 Å². The Kier molecular flexibility index (Phi) is 6.12. The van der Waals surface area contributed by atoms with Crippen LogP contribution in [0.3, 0.4) is 0 Å². The molecular formula is C14H26F3NO. The third-order valence-electron chi connectivity index (χ3n) is 3.94. The van der Waals surface area contributed by atoms with Gasteiger partial charge in [0.25, 0.3) is 0 Å². The third kappa shape index (κ3) is 7.16. The Labute approximate surface area is 113 Å². The predicted octanol–water partition coefficient (Wildman–Crippen LogP) is 3.64. The first-order valence-electron chi connectivity index (χ1n) is 7.23. The van der Waals surface area contributed by atoms with Crippen LogP contribution in [0.4, 0.5) is 13.2 Å². The number of rotatable bonds is 6. The van der Waals surface area contributed by atoms with E-state index in [4.69, 9.17) is 0 Å². The lowest BCUT2D eigenvalue weighted by molar-refractivity contribution is -0.135. The van der Waals surface area contributed by atoms with E-state index < -0.39 is 18.2 Å². The van der Waals surface area contributed by atoms with E-state index in [1.54, 1.807) is 0 Å². The first kappa shape index (κ1) is 16.8. The Morgan fingerprint density at radius 1 is 1.42 bits per heavy atom. The largest absolute Gasteiger partial charge is 0.389 e. The molecule has 1 rings (SSSR count). The second kappa shape index (κ2) is 6.93. The molecule has 5 heteroatoms. The van der Waals surface area contributed by atoms with E-state index in [2.05, 4.69) is 12.2 Å². The number of alkyl halides is 3. The number of halogens is 3. The molecule has 0 aromatic rings. The number of nitrogens with one attached hydrogen (secondary N) is 1. The van der Waals surface area contributed by atoms with Crippen molar-refractivity contribution in [3.8, 4) is 0 Å². The summed E-state index contributed by atoms with van der Waals surface area (Å²) in [6, 6.07) is 0.0172. The Hall–Kier alpha value is -0.290. The maximum atomic E-state index is 12.0. The summed E-state index contributed by atoms with van der Waals surface area (Å²) in [5, 5.41) is 13.6. The molecule has 0 spiro atoms. The molecule has 2 N–H and O–H groups in total. The minimum Gasteiger partial charge on any atom is -0.389 e. The topological polar surface area (TPSA) is 32.3 Å². The van der Waals surface area contributed by atoms with Crippen LogP contribution in [0.15, 0.2) is 0 Å². The lowest BCUT2D eigenvalue weighted by Crippen LogP contribution is -2.46. The molecule has 1 saturated carbocycles. The number of hydrogen-bond donors (Lipinski definition) is 2. The van der Waals surface area contributed by atoms with E-state index in [0.717, 1.165) is 25.7 Å². The first-order valence-corrected chi connectivity index (χ1v) is 7.23. The molecule has 0 aromatic carbocycles. The average molecular weight is 281 g/mol. The van der Waals surface area contributed by atoms with Gasteiger partial charge >= 0.3 is 6.18 Å². The van der Waals surface area contributed by atoms with Crippen molar-refractivity contribution >= 4 is 0 Å². The summed E-state index contributed by atoms with van der Waals surface area (Å²) in [6.07, 6.45) is -0.380. The highest BCUT2D eigenvalue weighted by Crippen LogP contribution is 2.31. The van der Waals surface area contributed by atoms with E-state index in [0.29, 0.717) is 18.9 Å². The molecule has 114 valence electrons. The molecule has 3 unspecified atom stereocenters. The number of hydrogen-bond acceptors (Lipinski definition) is 2. The average Bonchev–Trinajstić information content (AvgIpc) is 2.24. The van der Waals surface area contributed by atoms with Crippen LogP contribution in [0.25, 0.3) is 0 Å². The molecule has 1 aliphatic carbocycles. The standard InChI is InChI=1S/C14H26F3NO/c1-11-5-3-7-13(19,9-11)10-18-12(2)6-4-8-14(15,16)17/h11-12,18-19H,3-10H2,1-2H3. The summed E-state index contributed by atoms with van der Waals surface area (Å²) in [5.74, 6) is 0.529. The lowest BCUT2D eigenvalue weighted by Gasteiger charge is -2.36.